The van der Waals surface area contributed by atoms with Crippen LogP contribution < -0.4 is 4.74 Å². The number of carbonyl (C=O) groups is 2. The summed E-state index contributed by atoms with van der Waals surface area (Å²) in [6.45, 7) is 6.05. The average Bonchev–Trinajstić information content (AvgIpc) is 3.07. The zero-order valence-electron chi connectivity index (χ0n) is 19.1. The minimum Gasteiger partial charge on any atom is -0.503 e. The molecule has 1 heterocycles. The van der Waals surface area contributed by atoms with E-state index < -0.39 is 58.1 Å². The van der Waals surface area contributed by atoms with Gasteiger partial charge < -0.3 is 14.9 Å². The van der Waals surface area contributed by atoms with Gasteiger partial charge in [-0.1, -0.05) is 20.3 Å². The number of rotatable bonds is 6. The summed E-state index contributed by atoms with van der Waals surface area (Å²) in [5, 5.41) is 19.6. The predicted molar refractivity (Wildman–Crippen MR) is 116 cm³/mol. The van der Waals surface area contributed by atoms with E-state index in [4.69, 9.17) is 0 Å². The zero-order chi connectivity index (χ0) is 26.5. The molecule has 0 bridgehead atoms. The van der Waals surface area contributed by atoms with Gasteiger partial charge in [0.05, 0.1) is 10.9 Å². The molecular formula is C24H22F5NO5. The van der Waals surface area contributed by atoms with Crippen LogP contribution in [0.4, 0.5) is 22.0 Å². The SMILES string of the molecule is CCC(C)[C@@](C)(C(=O)O)c1c(C)n(C(=O)c2ccc(OC(F)(F)F)cc2)c2cc(F)c(O)c(F)c12. The van der Waals surface area contributed by atoms with Gasteiger partial charge in [0.15, 0.2) is 17.4 Å². The van der Waals surface area contributed by atoms with E-state index in [1.165, 1.54) is 13.8 Å². The summed E-state index contributed by atoms with van der Waals surface area (Å²) < 4.78 is 71.6. The summed E-state index contributed by atoms with van der Waals surface area (Å²) in [5.74, 6) is -7.47. The number of benzene rings is 2. The van der Waals surface area contributed by atoms with Crippen molar-refractivity contribution in [1.29, 1.82) is 0 Å². The highest BCUT2D eigenvalue weighted by molar-refractivity contribution is 6.06. The Hall–Kier alpha value is -3.63. The first-order chi connectivity index (χ1) is 16.1. The Bertz CT molecular complexity index is 1310. The van der Waals surface area contributed by atoms with Crippen LogP contribution in [0.15, 0.2) is 30.3 Å². The summed E-state index contributed by atoms with van der Waals surface area (Å²) in [5.41, 5.74) is -2.36. The molecular weight excluding hydrogens is 477 g/mol. The van der Waals surface area contributed by atoms with Crippen LogP contribution in [0.3, 0.4) is 0 Å². The average molecular weight is 499 g/mol. The zero-order valence-corrected chi connectivity index (χ0v) is 19.1. The van der Waals surface area contributed by atoms with Crippen LogP contribution in [-0.2, 0) is 10.2 Å². The van der Waals surface area contributed by atoms with E-state index in [9.17, 15) is 37.4 Å². The minimum atomic E-state index is -4.94. The molecule has 0 amide bonds. The van der Waals surface area contributed by atoms with Gasteiger partial charge in [0, 0.05) is 28.3 Å². The molecule has 188 valence electrons. The van der Waals surface area contributed by atoms with Gasteiger partial charge in [0.2, 0.25) is 0 Å². The molecule has 6 nitrogen and oxygen atoms in total. The van der Waals surface area contributed by atoms with Gasteiger partial charge in [-0.05, 0) is 44.0 Å². The molecule has 0 aliphatic heterocycles. The van der Waals surface area contributed by atoms with Crippen LogP contribution in [0.25, 0.3) is 10.9 Å². The third-order valence-corrected chi connectivity index (χ3v) is 6.46. The summed E-state index contributed by atoms with van der Waals surface area (Å²) in [6, 6.07) is 4.58. The Morgan fingerprint density at radius 1 is 1.14 bits per heavy atom. The van der Waals surface area contributed by atoms with Crippen molar-refractivity contribution in [2.24, 2.45) is 5.92 Å². The topological polar surface area (TPSA) is 88.8 Å². The number of halogens is 5. The summed E-state index contributed by atoms with van der Waals surface area (Å²) >= 11 is 0. The third-order valence-electron chi connectivity index (χ3n) is 6.46. The summed E-state index contributed by atoms with van der Waals surface area (Å²) in [7, 11) is 0. The lowest BCUT2D eigenvalue weighted by molar-refractivity contribution is -0.274. The van der Waals surface area contributed by atoms with Crippen molar-refractivity contribution in [3.63, 3.8) is 0 Å². The molecule has 1 unspecified atom stereocenters. The number of aromatic nitrogens is 1. The van der Waals surface area contributed by atoms with E-state index in [1.54, 1.807) is 13.8 Å². The fraction of sp³-hybridized carbons (Fsp3) is 0.333. The fourth-order valence-corrected chi connectivity index (χ4v) is 4.28. The van der Waals surface area contributed by atoms with Gasteiger partial charge in [0.25, 0.3) is 5.91 Å². The molecule has 2 atom stereocenters. The van der Waals surface area contributed by atoms with Gasteiger partial charge in [-0.3, -0.25) is 14.2 Å². The van der Waals surface area contributed by atoms with Crippen molar-refractivity contribution in [3.05, 3.63) is 58.8 Å². The number of ether oxygens (including phenoxy) is 1. The van der Waals surface area contributed by atoms with Crippen LogP contribution in [0.1, 0.15) is 48.8 Å². The lowest BCUT2D eigenvalue weighted by Crippen LogP contribution is -2.39. The van der Waals surface area contributed by atoms with E-state index in [0.29, 0.717) is 12.5 Å². The third kappa shape index (κ3) is 4.30. The number of aliphatic carboxylic acids is 1. The predicted octanol–water partition coefficient (Wildman–Crippen LogP) is 5.91. The maximum Gasteiger partial charge on any atom is 0.573 e. The molecule has 0 fully saturated rings. The van der Waals surface area contributed by atoms with Crippen molar-refractivity contribution in [2.75, 3.05) is 0 Å². The Morgan fingerprint density at radius 3 is 2.20 bits per heavy atom. The highest BCUT2D eigenvalue weighted by atomic mass is 19.4. The normalized spacial score (nSPS) is 14.5. The fourth-order valence-electron chi connectivity index (χ4n) is 4.28. The van der Waals surface area contributed by atoms with E-state index in [-0.39, 0.29) is 22.3 Å². The highest BCUT2D eigenvalue weighted by Crippen LogP contribution is 2.45. The number of carboxylic acids is 1. The van der Waals surface area contributed by atoms with E-state index in [2.05, 4.69) is 4.74 Å². The monoisotopic (exact) mass is 499 g/mol. The van der Waals surface area contributed by atoms with Gasteiger partial charge in [-0.2, -0.15) is 0 Å². The molecule has 0 saturated carbocycles. The second-order valence-corrected chi connectivity index (χ2v) is 8.41. The largest absolute Gasteiger partial charge is 0.573 e. The van der Waals surface area contributed by atoms with Crippen LogP contribution in [0, 0.1) is 24.5 Å². The number of hydrogen-bond acceptors (Lipinski definition) is 4. The Labute approximate surface area is 196 Å². The smallest absolute Gasteiger partial charge is 0.503 e. The van der Waals surface area contributed by atoms with E-state index in [0.717, 1.165) is 28.8 Å². The number of phenols is 1. The van der Waals surface area contributed by atoms with Crippen molar-refractivity contribution in [3.8, 4) is 11.5 Å². The van der Waals surface area contributed by atoms with Gasteiger partial charge in [-0.25, -0.2) is 8.78 Å². The molecule has 3 aromatic rings. The quantitative estimate of drug-likeness (QED) is 0.412. The second kappa shape index (κ2) is 8.86. The standard InChI is InChI=1S/C24H22F5NO5/c1-5-11(2)23(4,22(33)34)18-12(3)30(16-10-15(25)20(31)19(26)17(16)18)21(32)13-6-8-14(9-7-13)35-24(27,28)29/h6-11,31H,5H2,1-4H3,(H,33,34)/t11?,23-/m1/s1. The van der Waals surface area contributed by atoms with Crippen molar-refractivity contribution in [1.82, 2.24) is 4.57 Å². The molecule has 0 radical (unpaired) electrons. The number of alkyl halides is 3. The maximum atomic E-state index is 15.2. The molecule has 35 heavy (non-hydrogen) atoms. The van der Waals surface area contributed by atoms with Crippen molar-refractivity contribution < 1.29 is 46.5 Å². The number of hydrogen-bond donors (Lipinski definition) is 2. The van der Waals surface area contributed by atoms with Crippen LogP contribution in [0.2, 0.25) is 0 Å². The number of fused-ring (bicyclic) bond motifs is 1. The molecule has 0 spiro atoms. The first-order valence-corrected chi connectivity index (χ1v) is 10.5. The Kier molecular flexibility index (Phi) is 6.58. The molecule has 2 N–H and O–H groups in total. The Balaban J connectivity index is 2.33. The number of carboxylic acid groups (broad SMARTS) is 1. The summed E-state index contributed by atoms with van der Waals surface area (Å²) in [4.78, 5) is 25.8. The van der Waals surface area contributed by atoms with Gasteiger partial charge in [0.1, 0.15) is 5.75 Å². The minimum absolute atomic E-state index is 0.0188. The molecule has 0 saturated heterocycles. The van der Waals surface area contributed by atoms with Gasteiger partial charge in [-0.15, -0.1) is 13.2 Å². The van der Waals surface area contributed by atoms with E-state index >= 15 is 4.39 Å². The number of nitrogens with zero attached hydrogens (tertiary/aromatic N) is 1. The maximum absolute atomic E-state index is 15.2. The van der Waals surface area contributed by atoms with E-state index in [1.807, 2.05) is 0 Å². The lowest BCUT2D eigenvalue weighted by Gasteiger charge is -2.32. The molecule has 0 aliphatic rings. The van der Waals surface area contributed by atoms with Crippen LogP contribution in [-0.4, -0.2) is 33.0 Å². The van der Waals surface area contributed by atoms with Crippen LogP contribution in [0.5, 0.6) is 11.5 Å². The molecule has 1 aromatic heterocycles. The lowest BCUT2D eigenvalue weighted by atomic mass is 9.70. The Morgan fingerprint density at radius 2 is 1.71 bits per heavy atom. The summed E-state index contributed by atoms with van der Waals surface area (Å²) in [6.07, 6.45) is -4.58. The molecule has 3 rings (SSSR count). The molecule has 11 heteroatoms. The first kappa shape index (κ1) is 26.0. The molecule has 0 aliphatic carbocycles. The van der Waals surface area contributed by atoms with Gasteiger partial charge >= 0.3 is 12.3 Å². The second-order valence-electron chi connectivity index (χ2n) is 8.41. The van der Waals surface area contributed by atoms with Crippen LogP contribution >= 0.6 is 0 Å². The first-order valence-electron chi connectivity index (χ1n) is 10.5. The number of phenolic OH excluding ortho intramolecular Hbond substituents is 1. The number of aromatic hydroxyl groups is 1. The number of carbonyl (C=O) groups excluding carboxylic acids is 1. The van der Waals surface area contributed by atoms with Crippen molar-refractivity contribution >= 4 is 22.8 Å². The van der Waals surface area contributed by atoms with Crippen molar-refractivity contribution in [2.45, 2.75) is 45.9 Å². The highest BCUT2D eigenvalue weighted by Gasteiger charge is 2.45. The molecule has 2 aromatic carbocycles.